The molecule has 0 aliphatic carbocycles. The molecule has 21 heavy (non-hydrogen) atoms. The van der Waals surface area contributed by atoms with Gasteiger partial charge in [0.05, 0.1) is 12.6 Å². The van der Waals surface area contributed by atoms with E-state index in [9.17, 15) is 4.79 Å². The number of nitrogens with one attached hydrogen (secondary N) is 1. The molecule has 1 saturated heterocycles. The van der Waals surface area contributed by atoms with Crippen molar-refractivity contribution >= 4 is 5.91 Å². The van der Waals surface area contributed by atoms with Crippen LogP contribution >= 0.6 is 0 Å². The molecule has 2 rings (SSSR count). The summed E-state index contributed by atoms with van der Waals surface area (Å²) in [6, 6.07) is 9.22. The average Bonchev–Trinajstić information content (AvgIpc) is 2.55. The van der Waals surface area contributed by atoms with Crippen molar-refractivity contribution in [3.05, 3.63) is 30.3 Å². The Hall–Kier alpha value is -1.59. The molecule has 0 aromatic heterocycles. The number of carbonyl (C=O) groups excluding carboxylic acids is 1. The number of benzene rings is 1. The minimum atomic E-state index is -0.427. The third-order valence-electron chi connectivity index (χ3n) is 3.71. The van der Waals surface area contributed by atoms with Gasteiger partial charge in [-0.05, 0) is 37.3 Å². The fraction of sp³-hybridized carbons (Fsp3) is 0.562. The molecule has 0 saturated carbocycles. The Morgan fingerprint density at radius 2 is 2.05 bits per heavy atom. The van der Waals surface area contributed by atoms with Crippen LogP contribution in [0.3, 0.4) is 0 Å². The highest BCUT2D eigenvalue weighted by Gasteiger charge is 2.26. The second-order valence-corrected chi connectivity index (χ2v) is 5.28. The molecule has 1 unspecified atom stereocenters. The molecular weight excluding hydrogens is 268 g/mol. The molecule has 1 aromatic carbocycles. The van der Waals surface area contributed by atoms with Crippen LogP contribution in [-0.2, 0) is 9.53 Å². The lowest BCUT2D eigenvalue weighted by atomic mass is 9.92. The number of hydrogen-bond acceptors (Lipinski definition) is 4. The van der Waals surface area contributed by atoms with Gasteiger partial charge in [-0.3, -0.25) is 4.79 Å². The summed E-state index contributed by atoms with van der Waals surface area (Å²) in [7, 11) is 0. The molecule has 5 nitrogen and oxygen atoms in total. The molecule has 3 N–H and O–H groups in total. The maximum Gasteiger partial charge on any atom is 0.237 e. The molecule has 5 heteroatoms. The van der Waals surface area contributed by atoms with Crippen LogP contribution in [0.4, 0.5) is 0 Å². The highest BCUT2D eigenvalue weighted by molar-refractivity contribution is 5.81. The first-order chi connectivity index (χ1) is 10.3. The molecule has 116 valence electrons. The van der Waals surface area contributed by atoms with Crippen LogP contribution < -0.4 is 15.8 Å². The first kappa shape index (κ1) is 15.8. The van der Waals surface area contributed by atoms with Crippen molar-refractivity contribution in [3.8, 4) is 5.75 Å². The van der Waals surface area contributed by atoms with Crippen molar-refractivity contribution in [2.45, 2.75) is 25.3 Å². The van der Waals surface area contributed by atoms with Crippen molar-refractivity contribution in [1.82, 2.24) is 5.32 Å². The van der Waals surface area contributed by atoms with E-state index < -0.39 is 6.04 Å². The van der Waals surface area contributed by atoms with Crippen LogP contribution in [0.5, 0.6) is 5.75 Å². The van der Waals surface area contributed by atoms with Gasteiger partial charge < -0.3 is 20.5 Å². The molecule has 0 spiro atoms. The van der Waals surface area contributed by atoms with E-state index >= 15 is 0 Å². The second-order valence-electron chi connectivity index (χ2n) is 5.28. The number of amides is 1. The smallest absolute Gasteiger partial charge is 0.237 e. The summed E-state index contributed by atoms with van der Waals surface area (Å²) in [5, 5.41) is 2.88. The van der Waals surface area contributed by atoms with Gasteiger partial charge in [0, 0.05) is 19.8 Å². The van der Waals surface area contributed by atoms with Crippen LogP contribution in [0.15, 0.2) is 30.3 Å². The van der Waals surface area contributed by atoms with Crippen molar-refractivity contribution in [3.63, 3.8) is 0 Å². The summed E-state index contributed by atoms with van der Waals surface area (Å²) in [5.41, 5.74) is 6.00. The highest BCUT2D eigenvalue weighted by Crippen LogP contribution is 2.17. The van der Waals surface area contributed by atoms with Gasteiger partial charge in [0.2, 0.25) is 5.91 Å². The third-order valence-corrected chi connectivity index (χ3v) is 3.71. The minimum absolute atomic E-state index is 0.0680. The van der Waals surface area contributed by atoms with E-state index in [4.69, 9.17) is 15.2 Å². The molecule has 1 heterocycles. The number of nitrogens with two attached hydrogens (primary N) is 1. The second kappa shape index (κ2) is 8.64. The minimum Gasteiger partial charge on any atom is -0.494 e. The maximum atomic E-state index is 12.0. The number of rotatable bonds is 7. The average molecular weight is 292 g/mol. The van der Waals surface area contributed by atoms with Gasteiger partial charge in [-0.25, -0.2) is 0 Å². The lowest BCUT2D eigenvalue weighted by Crippen LogP contribution is -2.47. The lowest BCUT2D eigenvalue weighted by molar-refractivity contribution is -0.124. The van der Waals surface area contributed by atoms with Gasteiger partial charge in [0.15, 0.2) is 0 Å². The normalized spacial score (nSPS) is 17.2. The van der Waals surface area contributed by atoms with Crippen LogP contribution in [0.2, 0.25) is 0 Å². The first-order valence-corrected chi connectivity index (χ1v) is 7.56. The number of hydrogen-bond donors (Lipinski definition) is 2. The van der Waals surface area contributed by atoms with E-state index in [0.717, 1.165) is 25.0 Å². The molecule has 1 aromatic rings. The van der Waals surface area contributed by atoms with Gasteiger partial charge in [0.1, 0.15) is 5.75 Å². The largest absolute Gasteiger partial charge is 0.494 e. The van der Waals surface area contributed by atoms with Crippen molar-refractivity contribution in [1.29, 1.82) is 0 Å². The van der Waals surface area contributed by atoms with E-state index in [-0.39, 0.29) is 11.8 Å². The van der Waals surface area contributed by atoms with Crippen LogP contribution in [0.25, 0.3) is 0 Å². The van der Waals surface area contributed by atoms with Gasteiger partial charge >= 0.3 is 0 Å². The topological polar surface area (TPSA) is 73.6 Å². The predicted octanol–water partition coefficient (Wildman–Crippen LogP) is 1.33. The summed E-state index contributed by atoms with van der Waals surface area (Å²) < 4.78 is 10.8. The van der Waals surface area contributed by atoms with Gasteiger partial charge in [0.25, 0.3) is 0 Å². The molecule has 0 radical (unpaired) electrons. The predicted molar refractivity (Wildman–Crippen MR) is 81.1 cm³/mol. The highest BCUT2D eigenvalue weighted by atomic mass is 16.5. The number of carbonyl (C=O) groups is 1. The quantitative estimate of drug-likeness (QED) is 0.744. The zero-order chi connectivity index (χ0) is 14.9. The summed E-state index contributed by atoms with van der Waals surface area (Å²) in [6.45, 7) is 2.58. The van der Waals surface area contributed by atoms with E-state index in [2.05, 4.69) is 5.32 Å². The molecule has 1 aliphatic rings. The van der Waals surface area contributed by atoms with Gasteiger partial charge in [-0.1, -0.05) is 18.2 Å². The fourth-order valence-electron chi connectivity index (χ4n) is 2.40. The van der Waals surface area contributed by atoms with Crippen molar-refractivity contribution < 1.29 is 14.3 Å². The Kier molecular flexibility index (Phi) is 6.50. The maximum absolute atomic E-state index is 12.0. The SMILES string of the molecule is NC(C(=O)NCCCOc1ccccc1)C1CCOCC1. The standard InChI is InChI=1S/C16H24N2O3/c17-15(13-7-11-20-12-8-13)16(19)18-9-4-10-21-14-5-2-1-3-6-14/h1-3,5-6,13,15H,4,7-12,17H2,(H,18,19). The summed E-state index contributed by atoms with van der Waals surface area (Å²) in [4.78, 5) is 12.0. The Morgan fingerprint density at radius 1 is 1.33 bits per heavy atom. The molecule has 1 aliphatic heterocycles. The van der Waals surface area contributed by atoms with E-state index in [0.29, 0.717) is 26.4 Å². The molecule has 1 amide bonds. The monoisotopic (exact) mass is 292 g/mol. The Balaban J connectivity index is 1.58. The summed E-state index contributed by atoms with van der Waals surface area (Å²) >= 11 is 0. The third kappa shape index (κ3) is 5.36. The van der Waals surface area contributed by atoms with Gasteiger partial charge in [-0.15, -0.1) is 0 Å². The van der Waals surface area contributed by atoms with E-state index in [1.165, 1.54) is 0 Å². The first-order valence-electron chi connectivity index (χ1n) is 7.56. The molecule has 0 bridgehead atoms. The zero-order valence-corrected chi connectivity index (χ0v) is 12.3. The van der Waals surface area contributed by atoms with Crippen molar-refractivity contribution in [2.24, 2.45) is 11.7 Å². The Labute approximate surface area is 125 Å². The van der Waals surface area contributed by atoms with E-state index in [1.54, 1.807) is 0 Å². The number of ether oxygens (including phenoxy) is 2. The van der Waals surface area contributed by atoms with Crippen molar-refractivity contribution in [2.75, 3.05) is 26.4 Å². The molecule has 1 atom stereocenters. The molecule has 1 fully saturated rings. The van der Waals surface area contributed by atoms with Crippen LogP contribution in [0.1, 0.15) is 19.3 Å². The summed E-state index contributed by atoms with van der Waals surface area (Å²) in [5.74, 6) is 1.02. The Bertz CT molecular complexity index is 419. The van der Waals surface area contributed by atoms with Crippen LogP contribution in [0, 0.1) is 5.92 Å². The number of para-hydroxylation sites is 1. The Morgan fingerprint density at radius 3 is 2.76 bits per heavy atom. The molecular formula is C16H24N2O3. The fourth-order valence-corrected chi connectivity index (χ4v) is 2.40. The zero-order valence-electron chi connectivity index (χ0n) is 12.3. The lowest BCUT2D eigenvalue weighted by Gasteiger charge is -2.26. The summed E-state index contributed by atoms with van der Waals surface area (Å²) in [6.07, 6.45) is 2.50. The van der Waals surface area contributed by atoms with Gasteiger partial charge in [-0.2, -0.15) is 0 Å². The van der Waals surface area contributed by atoms with Crippen LogP contribution in [-0.4, -0.2) is 38.3 Å². The van der Waals surface area contributed by atoms with E-state index in [1.807, 2.05) is 30.3 Å².